The van der Waals surface area contributed by atoms with E-state index in [1.54, 1.807) is 19.0 Å². The maximum Gasteiger partial charge on any atom is 0.253 e. The largest absolute Gasteiger partial charge is 0.494 e. The Morgan fingerprint density at radius 2 is 1.72 bits per heavy atom. The summed E-state index contributed by atoms with van der Waals surface area (Å²) in [6.07, 6.45) is 0. The molecule has 29 heavy (non-hydrogen) atoms. The van der Waals surface area contributed by atoms with Crippen LogP contribution in [0, 0.1) is 6.92 Å². The first kappa shape index (κ1) is 22.3. The van der Waals surface area contributed by atoms with Gasteiger partial charge in [-0.15, -0.1) is 0 Å². The van der Waals surface area contributed by atoms with Crippen LogP contribution >= 0.6 is 0 Å². The lowest BCUT2D eigenvalue weighted by molar-refractivity contribution is 0.0827. The molecule has 0 heterocycles. The van der Waals surface area contributed by atoms with Gasteiger partial charge in [-0.3, -0.25) is 4.79 Å². The van der Waals surface area contributed by atoms with Gasteiger partial charge in [-0.25, -0.2) is 4.99 Å². The van der Waals surface area contributed by atoms with Crippen molar-refractivity contribution in [1.29, 1.82) is 0 Å². The minimum absolute atomic E-state index is 0.00468. The highest BCUT2D eigenvalue weighted by atomic mass is 16.5. The zero-order valence-electron chi connectivity index (χ0n) is 18.1. The van der Waals surface area contributed by atoms with E-state index in [-0.39, 0.29) is 5.91 Å². The van der Waals surface area contributed by atoms with E-state index in [0.717, 1.165) is 34.9 Å². The highest BCUT2D eigenvalue weighted by molar-refractivity contribution is 5.93. The van der Waals surface area contributed by atoms with Crippen LogP contribution in [0.3, 0.4) is 0 Å². The average Bonchev–Trinajstić information content (AvgIpc) is 2.71. The van der Waals surface area contributed by atoms with Crippen LogP contribution in [-0.4, -0.2) is 44.0 Å². The van der Waals surface area contributed by atoms with Crippen molar-refractivity contribution in [3.8, 4) is 5.75 Å². The fraction of sp³-hybridized carbons (Fsp3) is 0.391. The molecule has 0 radical (unpaired) electrons. The normalized spacial score (nSPS) is 11.1. The van der Waals surface area contributed by atoms with Gasteiger partial charge in [0.2, 0.25) is 0 Å². The molecule has 0 atom stereocenters. The van der Waals surface area contributed by atoms with Crippen molar-refractivity contribution in [2.45, 2.75) is 33.9 Å². The molecular formula is C23H32N4O2. The third-order valence-electron chi connectivity index (χ3n) is 4.37. The van der Waals surface area contributed by atoms with Crippen LogP contribution in [0.1, 0.15) is 40.9 Å². The fourth-order valence-electron chi connectivity index (χ4n) is 2.85. The predicted molar refractivity (Wildman–Crippen MR) is 118 cm³/mol. The molecule has 0 aliphatic carbocycles. The molecule has 0 saturated heterocycles. The van der Waals surface area contributed by atoms with Gasteiger partial charge in [-0.1, -0.05) is 24.3 Å². The number of nitrogens with one attached hydrogen (secondary N) is 2. The molecule has 6 heteroatoms. The average molecular weight is 397 g/mol. The number of aliphatic imine (C=N–C) groups is 1. The third-order valence-corrected chi connectivity index (χ3v) is 4.37. The Kier molecular flexibility index (Phi) is 8.52. The molecular weight excluding hydrogens is 364 g/mol. The van der Waals surface area contributed by atoms with Crippen molar-refractivity contribution in [1.82, 2.24) is 15.5 Å². The first-order chi connectivity index (χ1) is 13.9. The molecule has 2 N–H and O–H groups in total. The van der Waals surface area contributed by atoms with Crippen molar-refractivity contribution < 1.29 is 9.53 Å². The van der Waals surface area contributed by atoms with Gasteiger partial charge < -0.3 is 20.3 Å². The smallest absolute Gasteiger partial charge is 0.253 e. The summed E-state index contributed by atoms with van der Waals surface area (Å²) in [7, 11) is 3.51. The third kappa shape index (κ3) is 6.82. The first-order valence-electron chi connectivity index (χ1n) is 9.99. The molecule has 0 aliphatic rings. The highest BCUT2D eigenvalue weighted by Gasteiger charge is 2.07. The summed E-state index contributed by atoms with van der Waals surface area (Å²) in [5.41, 5.74) is 4.02. The maximum absolute atomic E-state index is 12.0. The Bertz CT molecular complexity index is 829. The van der Waals surface area contributed by atoms with E-state index in [2.05, 4.69) is 21.7 Å². The fourth-order valence-corrected chi connectivity index (χ4v) is 2.85. The minimum atomic E-state index is 0.00468. The molecule has 0 unspecified atom stereocenters. The standard InChI is InChI=1S/C23H32N4O2/c1-6-24-23(26-16-19-10-13-21(29-7-2)17(3)14-19)25-15-18-8-11-20(12-9-18)22(28)27(4)5/h8-14H,6-7,15-16H2,1-5H3,(H2,24,25,26). The molecule has 2 aromatic carbocycles. The second-order valence-corrected chi connectivity index (χ2v) is 6.98. The molecule has 0 aliphatic heterocycles. The van der Waals surface area contributed by atoms with Crippen LogP contribution in [0.5, 0.6) is 5.75 Å². The number of rotatable bonds is 8. The van der Waals surface area contributed by atoms with E-state index in [1.165, 1.54) is 0 Å². The van der Waals surface area contributed by atoms with E-state index in [1.807, 2.05) is 57.2 Å². The molecule has 0 spiro atoms. The summed E-state index contributed by atoms with van der Waals surface area (Å²) in [5, 5.41) is 6.61. The number of carbonyl (C=O) groups is 1. The van der Waals surface area contributed by atoms with E-state index in [0.29, 0.717) is 25.3 Å². The SMILES string of the molecule is CCNC(=NCc1ccc(OCC)c(C)c1)NCc1ccc(C(=O)N(C)C)cc1. The lowest BCUT2D eigenvalue weighted by Crippen LogP contribution is -2.36. The van der Waals surface area contributed by atoms with Gasteiger partial charge in [0.05, 0.1) is 13.2 Å². The topological polar surface area (TPSA) is 66.0 Å². The van der Waals surface area contributed by atoms with Gasteiger partial charge in [0.1, 0.15) is 5.75 Å². The van der Waals surface area contributed by atoms with Crippen molar-refractivity contribution >= 4 is 11.9 Å². The predicted octanol–water partition coefficient (Wildman–Crippen LogP) is 3.35. The Balaban J connectivity index is 1.99. The lowest BCUT2D eigenvalue weighted by Gasteiger charge is -2.13. The second-order valence-electron chi connectivity index (χ2n) is 6.98. The number of amides is 1. The summed E-state index contributed by atoms with van der Waals surface area (Å²) < 4.78 is 5.60. The Morgan fingerprint density at radius 3 is 2.31 bits per heavy atom. The summed E-state index contributed by atoms with van der Waals surface area (Å²) in [4.78, 5) is 18.2. The quantitative estimate of drug-likeness (QED) is 0.530. The number of hydrogen-bond acceptors (Lipinski definition) is 3. The highest BCUT2D eigenvalue weighted by Crippen LogP contribution is 2.19. The second kappa shape index (κ2) is 11.1. The monoisotopic (exact) mass is 396 g/mol. The number of guanidine groups is 1. The Hall–Kier alpha value is -3.02. The van der Waals surface area contributed by atoms with Gasteiger partial charge in [-0.05, 0) is 55.7 Å². The number of hydrogen-bond donors (Lipinski definition) is 2. The van der Waals surface area contributed by atoms with Crippen LogP contribution < -0.4 is 15.4 Å². The maximum atomic E-state index is 12.0. The van der Waals surface area contributed by atoms with Gasteiger partial charge >= 0.3 is 0 Å². The molecule has 2 aromatic rings. The molecule has 0 bridgehead atoms. The van der Waals surface area contributed by atoms with E-state index >= 15 is 0 Å². The van der Waals surface area contributed by atoms with E-state index in [4.69, 9.17) is 4.74 Å². The summed E-state index contributed by atoms with van der Waals surface area (Å²) >= 11 is 0. The number of nitrogens with zero attached hydrogens (tertiary/aromatic N) is 2. The number of benzene rings is 2. The van der Waals surface area contributed by atoms with Gasteiger partial charge in [0.25, 0.3) is 5.91 Å². The molecule has 0 saturated carbocycles. The molecule has 1 amide bonds. The van der Waals surface area contributed by atoms with Crippen molar-refractivity contribution in [2.75, 3.05) is 27.2 Å². The minimum Gasteiger partial charge on any atom is -0.494 e. The molecule has 2 rings (SSSR count). The summed E-state index contributed by atoms with van der Waals surface area (Å²) in [6.45, 7) is 8.73. The number of carbonyl (C=O) groups excluding carboxylic acids is 1. The zero-order chi connectivity index (χ0) is 21.2. The van der Waals surface area contributed by atoms with Gasteiger partial charge in [0, 0.05) is 32.7 Å². The Morgan fingerprint density at radius 1 is 1.03 bits per heavy atom. The van der Waals surface area contributed by atoms with Crippen LogP contribution in [0.2, 0.25) is 0 Å². The lowest BCUT2D eigenvalue weighted by atomic mass is 10.1. The molecule has 0 aromatic heterocycles. The molecule has 156 valence electrons. The molecule has 6 nitrogen and oxygen atoms in total. The Labute approximate surface area is 174 Å². The van der Waals surface area contributed by atoms with Crippen LogP contribution in [0.25, 0.3) is 0 Å². The van der Waals surface area contributed by atoms with Crippen LogP contribution in [0.4, 0.5) is 0 Å². The number of ether oxygens (including phenoxy) is 1. The summed E-state index contributed by atoms with van der Waals surface area (Å²) in [5.74, 6) is 1.68. The van der Waals surface area contributed by atoms with Crippen LogP contribution in [-0.2, 0) is 13.1 Å². The summed E-state index contributed by atoms with van der Waals surface area (Å²) in [6, 6.07) is 13.8. The van der Waals surface area contributed by atoms with Crippen molar-refractivity contribution in [3.63, 3.8) is 0 Å². The van der Waals surface area contributed by atoms with Crippen LogP contribution in [0.15, 0.2) is 47.5 Å². The molecule has 0 fully saturated rings. The van der Waals surface area contributed by atoms with Crippen molar-refractivity contribution in [3.05, 3.63) is 64.7 Å². The number of aryl methyl sites for hydroxylation is 1. The van der Waals surface area contributed by atoms with E-state index < -0.39 is 0 Å². The first-order valence-corrected chi connectivity index (χ1v) is 9.99. The zero-order valence-corrected chi connectivity index (χ0v) is 18.1. The van der Waals surface area contributed by atoms with Crippen molar-refractivity contribution in [2.24, 2.45) is 4.99 Å². The van der Waals surface area contributed by atoms with E-state index in [9.17, 15) is 4.79 Å². The van der Waals surface area contributed by atoms with Gasteiger partial charge in [0.15, 0.2) is 5.96 Å². The van der Waals surface area contributed by atoms with Gasteiger partial charge in [-0.2, -0.15) is 0 Å².